The van der Waals surface area contributed by atoms with Crippen LogP contribution in [0.2, 0.25) is 0 Å². The van der Waals surface area contributed by atoms with Gasteiger partial charge in [-0.1, -0.05) is 40.7 Å². The lowest BCUT2D eigenvalue weighted by Crippen LogP contribution is -2.57. The molecule has 4 aliphatic rings. The average molecular weight is 331 g/mol. The Kier molecular flexibility index (Phi) is 3.72. The number of ether oxygens (including phenoxy) is 1. The van der Waals surface area contributed by atoms with Crippen molar-refractivity contribution in [2.24, 2.45) is 46.3 Å². The third-order valence-corrected chi connectivity index (χ3v) is 8.78. The maximum atomic E-state index is 11.8. The van der Waals surface area contributed by atoms with E-state index in [1.165, 1.54) is 25.7 Å². The lowest BCUT2D eigenvalue weighted by Gasteiger charge is -2.60. The molecule has 0 unspecified atom stereocenters. The molecule has 1 aliphatic heterocycles. The van der Waals surface area contributed by atoms with Crippen LogP contribution in [0.5, 0.6) is 0 Å². The quantitative estimate of drug-likeness (QED) is 0.615. The van der Waals surface area contributed by atoms with Gasteiger partial charge in [0.2, 0.25) is 0 Å². The zero-order valence-corrected chi connectivity index (χ0v) is 16.0. The second-order valence-electron chi connectivity index (χ2n) is 10.1. The summed E-state index contributed by atoms with van der Waals surface area (Å²) < 4.78 is 5.78. The van der Waals surface area contributed by atoms with Gasteiger partial charge in [0, 0.05) is 11.5 Å². The van der Waals surface area contributed by atoms with Crippen molar-refractivity contribution in [1.82, 2.24) is 0 Å². The van der Waals surface area contributed by atoms with E-state index in [2.05, 4.69) is 40.7 Å². The molecule has 0 aromatic rings. The predicted molar refractivity (Wildman–Crippen MR) is 96.3 cm³/mol. The van der Waals surface area contributed by atoms with Crippen molar-refractivity contribution >= 4 is 5.97 Å². The van der Waals surface area contributed by atoms with E-state index in [9.17, 15) is 4.79 Å². The van der Waals surface area contributed by atoms with Crippen LogP contribution in [0.4, 0.5) is 0 Å². The van der Waals surface area contributed by atoms with Crippen LogP contribution in [0, 0.1) is 46.3 Å². The van der Waals surface area contributed by atoms with Crippen molar-refractivity contribution in [2.45, 2.75) is 72.8 Å². The van der Waals surface area contributed by atoms with E-state index >= 15 is 0 Å². The maximum absolute atomic E-state index is 11.8. The molecule has 0 radical (unpaired) electrons. The largest absolute Gasteiger partial charge is 0.458 e. The number of rotatable bonds is 1. The van der Waals surface area contributed by atoms with Crippen LogP contribution in [0.15, 0.2) is 12.2 Å². The summed E-state index contributed by atoms with van der Waals surface area (Å²) in [6.45, 7) is 12.2. The number of hydrogen-bond donors (Lipinski definition) is 0. The molecule has 0 amide bonds. The van der Waals surface area contributed by atoms with Gasteiger partial charge < -0.3 is 4.74 Å². The molecule has 0 N–H and O–H groups in total. The summed E-state index contributed by atoms with van der Waals surface area (Å²) in [4.78, 5) is 11.8. The van der Waals surface area contributed by atoms with E-state index in [-0.39, 0.29) is 17.5 Å². The number of carbonyl (C=O) groups is 1. The highest BCUT2D eigenvalue weighted by molar-refractivity contribution is 5.83. The van der Waals surface area contributed by atoms with Gasteiger partial charge in [-0.05, 0) is 73.0 Å². The van der Waals surface area contributed by atoms with Crippen molar-refractivity contribution in [3.63, 3.8) is 0 Å². The zero-order chi connectivity index (χ0) is 17.3. The van der Waals surface area contributed by atoms with Crippen LogP contribution in [0.1, 0.15) is 66.7 Å². The van der Waals surface area contributed by atoms with Crippen LogP contribution in [0.25, 0.3) is 0 Å². The lowest BCUT2D eigenvalue weighted by atomic mass is 9.46. The van der Waals surface area contributed by atoms with Gasteiger partial charge >= 0.3 is 5.97 Å². The molecule has 0 aromatic heterocycles. The van der Waals surface area contributed by atoms with Gasteiger partial charge in [0.25, 0.3) is 0 Å². The third-order valence-electron chi connectivity index (χ3n) is 8.78. The SMILES string of the molecule is CC(C)[C@H]1CC[C@H]2[C@@H]3[C@@H](C)C[C@H]4OC(=O)C=C[C@]4(C)[C@H]3CC[C@]12C. The van der Waals surface area contributed by atoms with Crippen molar-refractivity contribution in [3.8, 4) is 0 Å². The van der Waals surface area contributed by atoms with Crippen molar-refractivity contribution in [2.75, 3.05) is 0 Å². The van der Waals surface area contributed by atoms with Crippen molar-refractivity contribution in [1.29, 1.82) is 0 Å². The first-order valence-corrected chi connectivity index (χ1v) is 10.2. The molecule has 0 aromatic carbocycles. The molecular weight excluding hydrogens is 296 g/mol. The first-order chi connectivity index (χ1) is 11.3. The van der Waals surface area contributed by atoms with Crippen molar-refractivity contribution < 1.29 is 9.53 Å². The van der Waals surface area contributed by atoms with E-state index in [4.69, 9.17) is 4.74 Å². The fourth-order valence-electron chi connectivity index (χ4n) is 7.67. The Hall–Kier alpha value is -0.790. The van der Waals surface area contributed by atoms with Crippen LogP contribution in [-0.4, -0.2) is 12.1 Å². The molecule has 134 valence electrons. The predicted octanol–water partition coefficient (Wildman–Crippen LogP) is 5.23. The second kappa shape index (κ2) is 5.35. The van der Waals surface area contributed by atoms with E-state index in [0.29, 0.717) is 17.3 Å². The maximum Gasteiger partial charge on any atom is 0.330 e. The fraction of sp³-hybridized carbons (Fsp3) is 0.864. The van der Waals surface area contributed by atoms with E-state index < -0.39 is 0 Å². The Labute approximate surface area is 147 Å². The van der Waals surface area contributed by atoms with Gasteiger partial charge in [-0.3, -0.25) is 0 Å². The van der Waals surface area contributed by atoms with Crippen LogP contribution >= 0.6 is 0 Å². The lowest BCUT2D eigenvalue weighted by molar-refractivity contribution is -0.175. The number of fused-ring (bicyclic) bond motifs is 5. The first kappa shape index (κ1) is 16.7. The summed E-state index contributed by atoms with van der Waals surface area (Å²) >= 11 is 0. The number of carbonyl (C=O) groups excluding carboxylic acids is 1. The third kappa shape index (κ3) is 2.10. The van der Waals surface area contributed by atoms with Gasteiger partial charge in [0.15, 0.2) is 0 Å². The molecule has 3 aliphatic carbocycles. The second-order valence-corrected chi connectivity index (χ2v) is 10.1. The minimum Gasteiger partial charge on any atom is -0.458 e. The average Bonchev–Trinajstić information content (AvgIpc) is 2.86. The molecule has 3 saturated carbocycles. The zero-order valence-electron chi connectivity index (χ0n) is 16.0. The molecule has 2 heteroatoms. The van der Waals surface area contributed by atoms with Gasteiger partial charge in [0.05, 0.1) is 0 Å². The van der Waals surface area contributed by atoms with Crippen molar-refractivity contribution in [3.05, 3.63) is 12.2 Å². The topological polar surface area (TPSA) is 26.3 Å². The van der Waals surface area contributed by atoms with E-state index in [0.717, 1.165) is 30.1 Å². The fourth-order valence-corrected chi connectivity index (χ4v) is 7.67. The minimum absolute atomic E-state index is 0.0579. The molecular formula is C22H34O2. The summed E-state index contributed by atoms with van der Waals surface area (Å²) in [5.41, 5.74) is 0.587. The monoisotopic (exact) mass is 330 g/mol. The standard InChI is InChI=1S/C22H34O2/c1-13(2)15-6-7-16-20-14(3)12-18-22(5,11-9-19(23)24-18)17(20)8-10-21(15,16)4/h9,11,13-18,20H,6-8,10,12H2,1-5H3/t14-,15+,16-,17-,18+,20-,21+,22+/m0/s1. The van der Waals surface area contributed by atoms with Gasteiger partial charge in [0.1, 0.15) is 6.10 Å². The van der Waals surface area contributed by atoms with E-state index in [1.54, 1.807) is 6.08 Å². The van der Waals surface area contributed by atoms with Crippen LogP contribution in [0.3, 0.4) is 0 Å². The normalized spacial score (nSPS) is 53.3. The van der Waals surface area contributed by atoms with Gasteiger partial charge in [-0.15, -0.1) is 0 Å². The molecule has 1 heterocycles. The molecule has 0 spiro atoms. The van der Waals surface area contributed by atoms with Gasteiger partial charge in [-0.25, -0.2) is 4.79 Å². The molecule has 3 fully saturated rings. The Morgan fingerprint density at radius 3 is 2.62 bits per heavy atom. The molecule has 0 bridgehead atoms. The van der Waals surface area contributed by atoms with Crippen LogP contribution < -0.4 is 0 Å². The highest BCUT2D eigenvalue weighted by Gasteiger charge is 2.62. The summed E-state index contributed by atoms with van der Waals surface area (Å²) in [5, 5.41) is 0. The molecule has 4 rings (SSSR count). The highest BCUT2D eigenvalue weighted by atomic mass is 16.5. The van der Waals surface area contributed by atoms with Gasteiger partial charge in [-0.2, -0.15) is 0 Å². The first-order valence-electron chi connectivity index (χ1n) is 10.2. The minimum atomic E-state index is -0.135. The molecule has 8 atom stereocenters. The Bertz CT molecular complexity index is 564. The molecule has 0 saturated heterocycles. The smallest absolute Gasteiger partial charge is 0.330 e. The summed E-state index contributed by atoms with van der Waals surface area (Å²) in [6, 6.07) is 0. The molecule has 24 heavy (non-hydrogen) atoms. The molecule has 2 nitrogen and oxygen atoms in total. The van der Waals surface area contributed by atoms with Crippen LogP contribution in [-0.2, 0) is 9.53 Å². The summed E-state index contributed by atoms with van der Waals surface area (Å²) in [7, 11) is 0. The summed E-state index contributed by atoms with van der Waals surface area (Å²) in [6.07, 6.45) is 10.5. The van der Waals surface area contributed by atoms with E-state index in [1.807, 2.05) is 0 Å². The Morgan fingerprint density at radius 1 is 1.17 bits per heavy atom. The highest BCUT2D eigenvalue weighted by Crippen LogP contribution is 2.67. The number of hydrogen-bond acceptors (Lipinski definition) is 2. The number of esters is 1. The Morgan fingerprint density at radius 2 is 1.92 bits per heavy atom. The Balaban J connectivity index is 1.70. The summed E-state index contributed by atoms with van der Waals surface area (Å²) in [5.74, 6) is 4.57.